The lowest BCUT2D eigenvalue weighted by atomic mass is 10.0. The fraction of sp³-hybridized carbons (Fsp3) is 0.562. The fourth-order valence-electron chi connectivity index (χ4n) is 3.16. The Kier molecular flexibility index (Phi) is 4.31. The summed E-state index contributed by atoms with van der Waals surface area (Å²) in [5, 5.41) is 4.20. The van der Waals surface area contributed by atoms with Gasteiger partial charge in [-0.25, -0.2) is 32.2 Å². The van der Waals surface area contributed by atoms with Gasteiger partial charge in [-0.1, -0.05) is 0 Å². The van der Waals surface area contributed by atoms with Gasteiger partial charge in [0, 0.05) is 24.2 Å². The number of halogens is 4. The van der Waals surface area contributed by atoms with E-state index < -0.39 is 18.0 Å². The van der Waals surface area contributed by atoms with Crippen molar-refractivity contribution in [3.05, 3.63) is 34.9 Å². The molecule has 0 N–H and O–H groups in total. The Morgan fingerprint density at radius 2 is 2.00 bits per heavy atom. The molecule has 1 fully saturated rings. The number of hydrogen-bond acceptors (Lipinski definition) is 3. The van der Waals surface area contributed by atoms with Crippen molar-refractivity contribution >= 4 is 0 Å². The van der Waals surface area contributed by atoms with Crippen LogP contribution in [-0.2, 0) is 6.42 Å². The third kappa shape index (κ3) is 3.57. The molecule has 8 heteroatoms. The summed E-state index contributed by atoms with van der Waals surface area (Å²) in [6.07, 6.45) is -2.53. The van der Waals surface area contributed by atoms with Crippen LogP contribution in [0, 0.1) is 19.8 Å². The second-order valence-electron chi connectivity index (χ2n) is 6.39. The number of aryl methyl sites for hydroxylation is 2. The van der Waals surface area contributed by atoms with Gasteiger partial charge in [-0.3, -0.25) is 0 Å². The molecule has 0 saturated heterocycles. The van der Waals surface area contributed by atoms with Crippen molar-refractivity contribution in [1.29, 1.82) is 0 Å². The van der Waals surface area contributed by atoms with Gasteiger partial charge in [-0.15, -0.1) is 0 Å². The van der Waals surface area contributed by atoms with Crippen LogP contribution < -0.4 is 0 Å². The van der Waals surface area contributed by atoms with Gasteiger partial charge in [-0.05, 0) is 44.7 Å². The summed E-state index contributed by atoms with van der Waals surface area (Å²) in [7, 11) is 0. The van der Waals surface area contributed by atoms with Crippen LogP contribution in [-0.4, -0.2) is 25.7 Å². The minimum absolute atomic E-state index is 0.0538. The highest BCUT2D eigenvalue weighted by molar-refractivity contribution is 5.24. The first-order chi connectivity index (χ1) is 11.2. The Labute approximate surface area is 136 Å². The van der Waals surface area contributed by atoms with Crippen molar-refractivity contribution < 1.29 is 17.6 Å². The summed E-state index contributed by atoms with van der Waals surface area (Å²) in [4.78, 5) is 8.15. The van der Waals surface area contributed by atoms with E-state index >= 15 is 0 Å². The summed E-state index contributed by atoms with van der Waals surface area (Å²) in [5.41, 5.74) is 1.38. The molecule has 130 valence electrons. The second kappa shape index (κ2) is 6.14. The van der Waals surface area contributed by atoms with E-state index in [4.69, 9.17) is 0 Å². The average molecular weight is 342 g/mol. The average Bonchev–Trinajstić information content (AvgIpc) is 3.00. The lowest BCUT2D eigenvalue weighted by Crippen LogP contribution is -2.13. The second-order valence-corrected chi connectivity index (χ2v) is 6.39. The maximum absolute atomic E-state index is 13.3. The van der Waals surface area contributed by atoms with Crippen molar-refractivity contribution in [2.45, 2.75) is 51.9 Å². The minimum Gasteiger partial charge on any atom is -0.216 e. The Morgan fingerprint density at radius 3 is 2.54 bits per heavy atom. The first-order valence-electron chi connectivity index (χ1n) is 7.81. The number of nitrogens with zero attached hydrogens (tertiary/aromatic N) is 4. The summed E-state index contributed by atoms with van der Waals surface area (Å²) in [6.45, 7) is 3.55. The van der Waals surface area contributed by atoms with Crippen molar-refractivity contribution in [2.75, 3.05) is 0 Å². The maximum atomic E-state index is 13.3. The zero-order valence-corrected chi connectivity index (χ0v) is 13.4. The van der Waals surface area contributed by atoms with Crippen molar-refractivity contribution in [3.63, 3.8) is 0 Å². The van der Waals surface area contributed by atoms with Gasteiger partial charge in [-0.2, -0.15) is 5.10 Å². The van der Waals surface area contributed by atoms with E-state index in [2.05, 4.69) is 15.1 Å². The molecular formula is C16H18F4N4. The zero-order chi connectivity index (χ0) is 17.5. The molecule has 2 aromatic rings. The van der Waals surface area contributed by atoms with Gasteiger partial charge in [0.2, 0.25) is 5.92 Å². The van der Waals surface area contributed by atoms with Gasteiger partial charge in [0.1, 0.15) is 5.69 Å². The van der Waals surface area contributed by atoms with Gasteiger partial charge in [0.15, 0.2) is 0 Å². The molecule has 0 amide bonds. The SMILES string of the molecule is Cc1cc(C)n(-c2nc(CC3CCC(F)(F)C3)cc(C(F)F)n2)n1. The molecule has 0 radical (unpaired) electrons. The van der Waals surface area contributed by atoms with E-state index in [0.29, 0.717) is 12.1 Å². The monoisotopic (exact) mass is 342 g/mol. The predicted octanol–water partition coefficient (Wildman–Crippen LogP) is 4.19. The lowest BCUT2D eigenvalue weighted by Gasteiger charge is -2.12. The molecule has 1 aliphatic carbocycles. The number of rotatable bonds is 4. The number of hydrogen-bond donors (Lipinski definition) is 0. The molecule has 1 saturated carbocycles. The van der Waals surface area contributed by atoms with E-state index in [1.165, 1.54) is 10.7 Å². The molecular weight excluding hydrogens is 324 g/mol. The molecule has 0 aliphatic heterocycles. The van der Waals surface area contributed by atoms with Gasteiger partial charge >= 0.3 is 0 Å². The molecule has 24 heavy (non-hydrogen) atoms. The van der Waals surface area contributed by atoms with Crippen LogP contribution in [0.5, 0.6) is 0 Å². The highest BCUT2D eigenvalue weighted by Gasteiger charge is 2.39. The Balaban J connectivity index is 1.93. The Morgan fingerprint density at radius 1 is 1.25 bits per heavy atom. The van der Waals surface area contributed by atoms with Crippen molar-refractivity contribution in [3.8, 4) is 5.95 Å². The standard InChI is InChI=1S/C16H18F4N4/c1-9-5-10(2)24(23-9)15-21-12(7-13(22-15)14(17)18)6-11-3-4-16(19,20)8-11/h5,7,11,14H,3-4,6,8H2,1-2H3. The molecule has 1 atom stereocenters. The van der Waals surface area contributed by atoms with E-state index in [0.717, 1.165) is 11.4 Å². The van der Waals surface area contributed by atoms with Crippen LogP contribution in [0.15, 0.2) is 12.1 Å². The van der Waals surface area contributed by atoms with Crippen LogP contribution >= 0.6 is 0 Å². The topological polar surface area (TPSA) is 43.6 Å². The van der Waals surface area contributed by atoms with Gasteiger partial charge in [0.05, 0.1) is 5.69 Å². The van der Waals surface area contributed by atoms with Gasteiger partial charge in [0.25, 0.3) is 12.4 Å². The summed E-state index contributed by atoms with van der Waals surface area (Å²) < 4.78 is 54.4. The van der Waals surface area contributed by atoms with Crippen LogP contribution in [0.25, 0.3) is 5.95 Å². The summed E-state index contributed by atoms with van der Waals surface area (Å²) in [5.74, 6) is -2.87. The third-order valence-corrected chi connectivity index (χ3v) is 4.21. The minimum atomic E-state index is -2.76. The Bertz CT molecular complexity index is 742. The summed E-state index contributed by atoms with van der Waals surface area (Å²) >= 11 is 0. The highest BCUT2D eigenvalue weighted by atomic mass is 19.3. The van der Waals surface area contributed by atoms with Crippen molar-refractivity contribution in [2.24, 2.45) is 5.92 Å². The fourth-order valence-corrected chi connectivity index (χ4v) is 3.16. The maximum Gasteiger partial charge on any atom is 0.280 e. The predicted molar refractivity (Wildman–Crippen MR) is 79.6 cm³/mol. The first kappa shape index (κ1) is 16.9. The summed E-state index contributed by atoms with van der Waals surface area (Å²) in [6, 6.07) is 2.99. The third-order valence-electron chi connectivity index (χ3n) is 4.21. The molecule has 3 rings (SSSR count). The lowest BCUT2D eigenvalue weighted by molar-refractivity contribution is 0.00504. The van der Waals surface area contributed by atoms with Gasteiger partial charge < -0.3 is 0 Å². The zero-order valence-electron chi connectivity index (χ0n) is 13.4. The smallest absolute Gasteiger partial charge is 0.216 e. The molecule has 0 aromatic carbocycles. The van der Waals surface area contributed by atoms with E-state index in [1.807, 2.05) is 0 Å². The molecule has 1 aliphatic rings. The van der Waals surface area contributed by atoms with E-state index in [-0.39, 0.29) is 31.1 Å². The Hall–Kier alpha value is -1.99. The van der Waals surface area contributed by atoms with E-state index in [9.17, 15) is 17.6 Å². The van der Waals surface area contributed by atoms with Crippen LogP contribution in [0.1, 0.15) is 48.5 Å². The van der Waals surface area contributed by atoms with Crippen LogP contribution in [0.2, 0.25) is 0 Å². The largest absolute Gasteiger partial charge is 0.280 e. The normalized spacial score (nSPS) is 20.0. The first-order valence-corrected chi connectivity index (χ1v) is 7.81. The highest BCUT2D eigenvalue weighted by Crippen LogP contribution is 2.40. The molecule has 0 spiro atoms. The van der Waals surface area contributed by atoms with Crippen LogP contribution in [0.3, 0.4) is 0 Å². The molecule has 2 heterocycles. The molecule has 2 aromatic heterocycles. The quantitative estimate of drug-likeness (QED) is 0.783. The van der Waals surface area contributed by atoms with Crippen molar-refractivity contribution in [1.82, 2.24) is 19.7 Å². The molecule has 1 unspecified atom stereocenters. The molecule has 4 nitrogen and oxygen atoms in total. The molecule has 0 bridgehead atoms. The van der Waals surface area contributed by atoms with Crippen LogP contribution in [0.4, 0.5) is 17.6 Å². The number of aromatic nitrogens is 4. The number of alkyl halides is 4. The van der Waals surface area contributed by atoms with E-state index in [1.54, 1.807) is 19.9 Å².